The Balaban J connectivity index is 2.36. The fourth-order valence-corrected chi connectivity index (χ4v) is 1.36. The van der Waals surface area contributed by atoms with Crippen molar-refractivity contribution in [2.75, 3.05) is 0 Å². The summed E-state index contributed by atoms with van der Waals surface area (Å²) < 4.78 is 29.7. The molecule has 0 atom stereocenters. The minimum atomic E-state index is -2.51. The molecule has 0 unspecified atom stereocenters. The van der Waals surface area contributed by atoms with E-state index in [1.807, 2.05) is 0 Å². The van der Waals surface area contributed by atoms with Crippen molar-refractivity contribution in [1.29, 1.82) is 0 Å². The summed E-state index contributed by atoms with van der Waals surface area (Å²) in [5.41, 5.74) is 0.916. The van der Waals surface area contributed by atoms with Gasteiger partial charge in [0.05, 0.1) is 0 Å². The van der Waals surface area contributed by atoms with E-state index in [1.54, 1.807) is 6.07 Å². The van der Waals surface area contributed by atoms with Crippen LogP contribution in [0, 0.1) is 0 Å². The number of aliphatic hydroxyl groups is 1. The number of rotatable bonds is 3. The Bertz CT molecular complexity index is 482. The highest BCUT2D eigenvalue weighted by atomic mass is 19.3. The van der Waals surface area contributed by atoms with E-state index >= 15 is 0 Å². The van der Waals surface area contributed by atoms with Crippen molar-refractivity contribution in [3.8, 4) is 11.3 Å². The first-order valence-electron chi connectivity index (χ1n) is 4.65. The summed E-state index contributed by atoms with van der Waals surface area (Å²) in [5, 5.41) is 12.5. The van der Waals surface area contributed by atoms with E-state index in [1.165, 1.54) is 24.3 Å². The molecule has 2 rings (SSSR count). The van der Waals surface area contributed by atoms with Crippen LogP contribution in [0.15, 0.2) is 34.9 Å². The summed E-state index contributed by atoms with van der Waals surface area (Å²) in [5.74, 6) is 0.303. The van der Waals surface area contributed by atoms with Crippen molar-refractivity contribution >= 4 is 0 Å². The van der Waals surface area contributed by atoms with Gasteiger partial charge in [-0.1, -0.05) is 23.4 Å². The van der Waals surface area contributed by atoms with Crippen LogP contribution in [0.25, 0.3) is 11.3 Å². The number of hydrogen-bond acceptors (Lipinski definition) is 3. The van der Waals surface area contributed by atoms with Gasteiger partial charge in [0.15, 0.2) is 5.76 Å². The van der Waals surface area contributed by atoms with Crippen molar-refractivity contribution in [1.82, 2.24) is 5.16 Å². The smallest absolute Gasteiger partial charge is 0.263 e. The quantitative estimate of drug-likeness (QED) is 0.873. The molecular formula is C11H9F2NO2. The van der Waals surface area contributed by atoms with E-state index in [2.05, 4.69) is 5.16 Å². The standard InChI is InChI=1S/C11H9F2NO2/c12-11(13)8-3-1-2-7(4-8)10-5-9(6-15)16-14-10/h1-5,11,15H,6H2. The molecule has 84 valence electrons. The van der Waals surface area contributed by atoms with Crippen LogP contribution in [-0.2, 0) is 6.61 Å². The lowest BCUT2D eigenvalue weighted by Gasteiger charge is -2.00. The topological polar surface area (TPSA) is 46.3 Å². The van der Waals surface area contributed by atoms with Crippen LogP contribution in [0.5, 0.6) is 0 Å². The van der Waals surface area contributed by atoms with Crippen LogP contribution < -0.4 is 0 Å². The maximum absolute atomic E-state index is 12.5. The molecule has 0 saturated heterocycles. The highest BCUT2D eigenvalue weighted by Gasteiger charge is 2.10. The molecule has 1 heterocycles. The van der Waals surface area contributed by atoms with Gasteiger partial charge >= 0.3 is 0 Å². The first-order chi connectivity index (χ1) is 7.70. The van der Waals surface area contributed by atoms with Crippen molar-refractivity contribution in [2.24, 2.45) is 0 Å². The van der Waals surface area contributed by atoms with E-state index < -0.39 is 6.43 Å². The highest BCUT2D eigenvalue weighted by Crippen LogP contribution is 2.25. The lowest BCUT2D eigenvalue weighted by molar-refractivity contribution is 0.151. The van der Waals surface area contributed by atoms with Gasteiger partial charge in [0, 0.05) is 17.2 Å². The van der Waals surface area contributed by atoms with Crippen molar-refractivity contribution in [3.05, 3.63) is 41.7 Å². The summed E-state index contributed by atoms with van der Waals surface area (Å²) in [6.07, 6.45) is -2.51. The third-order valence-electron chi connectivity index (χ3n) is 2.15. The predicted octanol–water partition coefficient (Wildman–Crippen LogP) is 2.77. The number of benzene rings is 1. The second kappa shape index (κ2) is 4.40. The molecule has 0 fully saturated rings. The molecule has 0 aliphatic rings. The lowest BCUT2D eigenvalue weighted by Crippen LogP contribution is -1.85. The van der Waals surface area contributed by atoms with Crippen molar-refractivity contribution in [3.63, 3.8) is 0 Å². The molecule has 0 radical (unpaired) electrons. The molecule has 0 aliphatic carbocycles. The third-order valence-corrected chi connectivity index (χ3v) is 2.15. The molecule has 0 aliphatic heterocycles. The van der Waals surface area contributed by atoms with Gasteiger partial charge in [-0.05, 0) is 6.07 Å². The molecule has 2 aromatic rings. The first kappa shape index (κ1) is 10.8. The predicted molar refractivity (Wildman–Crippen MR) is 52.8 cm³/mol. The zero-order chi connectivity index (χ0) is 11.5. The van der Waals surface area contributed by atoms with Gasteiger partial charge in [-0.2, -0.15) is 0 Å². The summed E-state index contributed by atoms with van der Waals surface area (Å²) in [7, 11) is 0. The van der Waals surface area contributed by atoms with Gasteiger partial charge in [-0.15, -0.1) is 0 Å². The molecular weight excluding hydrogens is 216 g/mol. The lowest BCUT2D eigenvalue weighted by atomic mass is 10.1. The van der Waals surface area contributed by atoms with Gasteiger partial charge < -0.3 is 9.63 Å². The molecule has 1 aromatic heterocycles. The van der Waals surface area contributed by atoms with Gasteiger partial charge in [0.1, 0.15) is 12.3 Å². The minimum Gasteiger partial charge on any atom is -0.388 e. The molecule has 0 bridgehead atoms. The molecule has 16 heavy (non-hydrogen) atoms. The maximum Gasteiger partial charge on any atom is 0.263 e. The summed E-state index contributed by atoms with van der Waals surface area (Å²) >= 11 is 0. The summed E-state index contributed by atoms with van der Waals surface area (Å²) in [4.78, 5) is 0. The van der Waals surface area contributed by atoms with Crippen LogP contribution in [-0.4, -0.2) is 10.3 Å². The highest BCUT2D eigenvalue weighted by molar-refractivity contribution is 5.59. The second-order valence-corrected chi connectivity index (χ2v) is 3.26. The second-order valence-electron chi connectivity index (χ2n) is 3.26. The Morgan fingerprint density at radius 3 is 2.75 bits per heavy atom. The normalized spacial score (nSPS) is 11.0. The summed E-state index contributed by atoms with van der Waals surface area (Å²) in [6.45, 7) is -0.262. The maximum atomic E-state index is 12.5. The zero-order valence-corrected chi connectivity index (χ0v) is 8.23. The molecule has 3 nitrogen and oxygen atoms in total. The van der Waals surface area contributed by atoms with E-state index in [0.29, 0.717) is 17.0 Å². The van der Waals surface area contributed by atoms with Crippen molar-refractivity contribution < 1.29 is 18.4 Å². The van der Waals surface area contributed by atoms with Crippen LogP contribution in [0.4, 0.5) is 8.78 Å². The Labute approximate surface area is 90.3 Å². The van der Waals surface area contributed by atoms with Gasteiger partial charge in [0.2, 0.25) is 0 Å². The Morgan fingerprint density at radius 1 is 1.31 bits per heavy atom. The number of alkyl halides is 2. The van der Waals surface area contributed by atoms with Crippen molar-refractivity contribution in [2.45, 2.75) is 13.0 Å². The van der Waals surface area contributed by atoms with Crippen LogP contribution in [0.3, 0.4) is 0 Å². The largest absolute Gasteiger partial charge is 0.388 e. The Morgan fingerprint density at radius 2 is 2.12 bits per heavy atom. The molecule has 0 spiro atoms. The SMILES string of the molecule is OCc1cc(-c2cccc(C(F)F)c2)no1. The minimum absolute atomic E-state index is 0.0638. The van der Waals surface area contributed by atoms with Gasteiger partial charge in [-0.25, -0.2) is 8.78 Å². The molecule has 1 N–H and O–H groups in total. The average Bonchev–Trinajstić information content (AvgIpc) is 2.77. The van der Waals surface area contributed by atoms with Crippen LogP contribution in [0.1, 0.15) is 17.7 Å². The Kier molecular flexibility index (Phi) is 2.96. The zero-order valence-electron chi connectivity index (χ0n) is 8.23. The van der Waals surface area contributed by atoms with E-state index in [0.717, 1.165) is 0 Å². The number of halogens is 2. The summed E-state index contributed by atoms with van der Waals surface area (Å²) in [6, 6.07) is 7.41. The number of aromatic nitrogens is 1. The van der Waals surface area contributed by atoms with Gasteiger partial charge in [0.25, 0.3) is 6.43 Å². The number of hydrogen-bond donors (Lipinski definition) is 1. The van der Waals surface area contributed by atoms with Crippen LogP contribution in [0.2, 0.25) is 0 Å². The first-order valence-corrected chi connectivity index (χ1v) is 4.65. The van der Waals surface area contributed by atoms with E-state index in [-0.39, 0.29) is 12.2 Å². The van der Waals surface area contributed by atoms with Crippen LogP contribution >= 0.6 is 0 Å². The van der Waals surface area contributed by atoms with E-state index in [4.69, 9.17) is 9.63 Å². The third kappa shape index (κ3) is 2.09. The molecule has 0 amide bonds. The molecule has 1 aromatic carbocycles. The Hall–Kier alpha value is -1.75. The fourth-order valence-electron chi connectivity index (χ4n) is 1.36. The fraction of sp³-hybridized carbons (Fsp3) is 0.182. The van der Waals surface area contributed by atoms with E-state index in [9.17, 15) is 8.78 Å². The van der Waals surface area contributed by atoms with Gasteiger partial charge in [-0.3, -0.25) is 0 Å². The monoisotopic (exact) mass is 225 g/mol. The number of aliphatic hydroxyl groups excluding tert-OH is 1. The number of nitrogens with zero attached hydrogens (tertiary/aromatic N) is 1. The molecule has 0 saturated carbocycles. The average molecular weight is 225 g/mol. The molecule has 5 heteroatoms.